The molecule has 1 aliphatic rings. The lowest BCUT2D eigenvalue weighted by atomic mass is 10.1. The summed E-state index contributed by atoms with van der Waals surface area (Å²) in [5.74, 6) is 0.605. The lowest BCUT2D eigenvalue weighted by molar-refractivity contribution is 0.0686. The number of carbonyl (C=O) groups excluding carboxylic acids is 1. The van der Waals surface area contributed by atoms with Crippen molar-refractivity contribution in [3.05, 3.63) is 53.2 Å². The van der Waals surface area contributed by atoms with Gasteiger partial charge in [0.2, 0.25) is 0 Å². The molecular weight excluding hydrogens is 337 g/mol. The Hall–Kier alpha value is -1.56. The van der Waals surface area contributed by atoms with Crippen LogP contribution < -0.4 is 5.32 Å². The number of nitrogens with zero attached hydrogens (tertiary/aromatic N) is 2. The van der Waals surface area contributed by atoms with Gasteiger partial charge in [-0.15, -0.1) is 12.4 Å². The third kappa shape index (κ3) is 4.70. The Morgan fingerprint density at radius 2 is 2.30 bits per heavy atom. The van der Waals surface area contributed by atoms with Crippen molar-refractivity contribution in [1.82, 2.24) is 15.2 Å². The Morgan fingerprint density at radius 3 is 2.91 bits per heavy atom. The highest BCUT2D eigenvalue weighted by Gasteiger charge is 2.24. The zero-order chi connectivity index (χ0) is 15.4. The third-order valence-electron chi connectivity index (χ3n) is 3.81. The van der Waals surface area contributed by atoms with Crippen LogP contribution in [0.5, 0.6) is 0 Å². The van der Waals surface area contributed by atoms with Gasteiger partial charge in [0.25, 0.3) is 5.91 Å². The molecule has 0 aliphatic carbocycles. The molecule has 1 amide bonds. The number of hydrogen-bond acceptors (Lipinski definition) is 4. The summed E-state index contributed by atoms with van der Waals surface area (Å²) in [6.45, 7) is 3.16. The maximum atomic E-state index is 12.7. The molecule has 1 saturated heterocycles. The van der Waals surface area contributed by atoms with Crippen LogP contribution >= 0.6 is 24.0 Å². The Balaban J connectivity index is 0.00000192. The number of rotatable bonds is 5. The molecule has 1 atom stereocenters. The van der Waals surface area contributed by atoms with Gasteiger partial charge in [-0.25, -0.2) is 0 Å². The largest absolute Gasteiger partial charge is 0.440 e. The summed E-state index contributed by atoms with van der Waals surface area (Å²) in [7, 11) is 0. The Bertz CT molecular complexity index is 627. The van der Waals surface area contributed by atoms with Crippen molar-refractivity contribution in [1.29, 1.82) is 0 Å². The van der Waals surface area contributed by atoms with Gasteiger partial charge in [-0.3, -0.25) is 9.78 Å². The predicted molar refractivity (Wildman–Crippen MR) is 90.9 cm³/mol. The number of aromatic nitrogens is 1. The molecule has 2 aromatic rings. The predicted octanol–water partition coefficient (Wildman–Crippen LogP) is 3.00. The van der Waals surface area contributed by atoms with Crippen molar-refractivity contribution in [2.24, 2.45) is 5.92 Å². The molecule has 1 N–H and O–H groups in total. The summed E-state index contributed by atoms with van der Waals surface area (Å²) in [4.78, 5) is 18.6. The molecule has 5 nitrogen and oxygen atoms in total. The van der Waals surface area contributed by atoms with Crippen LogP contribution in [-0.2, 0) is 6.54 Å². The van der Waals surface area contributed by atoms with E-state index in [4.69, 9.17) is 16.0 Å². The molecule has 23 heavy (non-hydrogen) atoms. The van der Waals surface area contributed by atoms with Crippen molar-refractivity contribution in [2.45, 2.75) is 13.0 Å². The van der Waals surface area contributed by atoms with E-state index in [1.807, 2.05) is 17.0 Å². The van der Waals surface area contributed by atoms with E-state index in [1.165, 1.54) is 0 Å². The van der Waals surface area contributed by atoms with E-state index < -0.39 is 0 Å². The fourth-order valence-electron chi connectivity index (χ4n) is 2.70. The van der Waals surface area contributed by atoms with Crippen LogP contribution in [0.25, 0.3) is 0 Å². The second-order valence-corrected chi connectivity index (χ2v) is 5.88. The minimum atomic E-state index is -0.136. The van der Waals surface area contributed by atoms with Crippen LogP contribution in [0.15, 0.2) is 41.1 Å². The average molecular weight is 356 g/mol. The summed E-state index contributed by atoms with van der Waals surface area (Å²) in [5.41, 5.74) is 0.999. The first kappa shape index (κ1) is 17.8. The van der Waals surface area contributed by atoms with Gasteiger partial charge in [-0.2, -0.15) is 0 Å². The monoisotopic (exact) mass is 355 g/mol. The van der Waals surface area contributed by atoms with Crippen molar-refractivity contribution in [3.63, 3.8) is 0 Å². The highest BCUT2D eigenvalue weighted by atomic mass is 35.5. The molecule has 2 aromatic heterocycles. The zero-order valence-electron chi connectivity index (χ0n) is 12.6. The molecule has 0 spiro atoms. The van der Waals surface area contributed by atoms with Crippen LogP contribution in [0, 0.1) is 5.92 Å². The van der Waals surface area contributed by atoms with Crippen LogP contribution in [0.3, 0.4) is 0 Å². The molecule has 7 heteroatoms. The van der Waals surface area contributed by atoms with Gasteiger partial charge in [-0.1, -0.05) is 6.07 Å². The first-order chi connectivity index (χ1) is 10.7. The van der Waals surface area contributed by atoms with E-state index in [1.54, 1.807) is 24.5 Å². The van der Waals surface area contributed by atoms with Crippen LogP contribution in [0.1, 0.15) is 22.5 Å². The smallest absolute Gasteiger partial charge is 0.289 e. The van der Waals surface area contributed by atoms with E-state index in [0.717, 1.165) is 25.1 Å². The van der Waals surface area contributed by atoms with Crippen molar-refractivity contribution in [3.8, 4) is 0 Å². The minimum Gasteiger partial charge on any atom is -0.440 e. The SMILES string of the molecule is Cl.O=C(c1ccc(Cl)o1)N(Cc1cccnc1)CC1CCNC1. The van der Waals surface area contributed by atoms with E-state index in [2.05, 4.69) is 10.3 Å². The van der Waals surface area contributed by atoms with Gasteiger partial charge < -0.3 is 14.6 Å². The Labute approximate surface area is 146 Å². The maximum Gasteiger partial charge on any atom is 0.289 e. The molecule has 3 heterocycles. The fourth-order valence-corrected chi connectivity index (χ4v) is 2.84. The molecule has 0 radical (unpaired) electrons. The van der Waals surface area contributed by atoms with Gasteiger partial charge in [0.1, 0.15) is 0 Å². The average Bonchev–Trinajstić information content (AvgIpc) is 3.18. The van der Waals surface area contributed by atoms with Gasteiger partial charge in [-0.05, 0) is 60.8 Å². The van der Waals surface area contributed by atoms with Crippen molar-refractivity contribution >= 4 is 29.9 Å². The number of carbonyl (C=O) groups is 1. The Kier molecular flexibility index (Phi) is 6.45. The first-order valence-corrected chi connectivity index (χ1v) is 7.74. The van der Waals surface area contributed by atoms with Crippen LogP contribution in [0.2, 0.25) is 5.22 Å². The van der Waals surface area contributed by atoms with Gasteiger partial charge in [0, 0.05) is 25.5 Å². The molecule has 1 unspecified atom stereocenters. The number of halogens is 2. The quantitative estimate of drug-likeness (QED) is 0.895. The second-order valence-electron chi connectivity index (χ2n) is 5.51. The van der Waals surface area contributed by atoms with Crippen LogP contribution in [0.4, 0.5) is 0 Å². The highest BCUT2D eigenvalue weighted by molar-refractivity contribution is 6.29. The summed E-state index contributed by atoms with van der Waals surface area (Å²) >= 11 is 5.78. The van der Waals surface area contributed by atoms with Gasteiger partial charge in [0.15, 0.2) is 11.0 Å². The molecule has 1 aliphatic heterocycles. The summed E-state index contributed by atoms with van der Waals surface area (Å²) < 4.78 is 5.27. The third-order valence-corrected chi connectivity index (χ3v) is 4.01. The van der Waals surface area contributed by atoms with Crippen molar-refractivity contribution in [2.75, 3.05) is 19.6 Å². The first-order valence-electron chi connectivity index (χ1n) is 7.36. The summed E-state index contributed by atoms with van der Waals surface area (Å²) in [5, 5.41) is 3.56. The minimum absolute atomic E-state index is 0. The number of pyridine rings is 1. The molecule has 0 aromatic carbocycles. The normalized spacial score (nSPS) is 16.8. The van der Waals surface area contributed by atoms with Crippen LogP contribution in [-0.4, -0.2) is 35.4 Å². The standard InChI is InChI=1S/C16H18ClN3O2.ClH/c17-15-4-3-14(22-15)16(21)20(11-13-5-7-19-9-13)10-12-2-1-6-18-8-12;/h1-4,6,8,13,19H,5,7,9-11H2;1H. The van der Waals surface area contributed by atoms with E-state index in [9.17, 15) is 4.79 Å². The highest BCUT2D eigenvalue weighted by Crippen LogP contribution is 2.19. The number of hydrogen-bond donors (Lipinski definition) is 1. The zero-order valence-corrected chi connectivity index (χ0v) is 14.1. The second kappa shape index (κ2) is 8.34. The molecule has 124 valence electrons. The molecular formula is C16H19Cl2N3O2. The van der Waals surface area contributed by atoms with E-state index in [0.29, 0.717) is 19.0 Å². The number of furan rings is 1. The summed E-state index contributed by atoms with van der Waals surface area (Å²) in [6.07, 6.45) is 4.58. The number of nitrogens with one attached hydrogen (secondary N) is 1. The Morgan fingerprint density at radius 1 is 1.43 bits per heavy atom. The van der Waals surface area contributed by atoms with E-state index in [-0.39, 0.29) is 29.3 Å². The topological polar surface area (TPSA) is 58.4 Å². The maximum absolute atomic E-state index is 12.7. The molecule has 3 rings (SSSR count). The van der Waals surface area contributed by atoms with Crippen molar-refractivity contribution < 1.29 is 9.21 Å². The fraction of sp³-hybridized carbons (Fsp3) is 0.375. The number of amides is 1. The molecule has 0 bridgehead atoms. The lowest BCUT2D eigenvalue weighted by Crippen LogP contribution is -2.35. The van der Waals surface area contributed by atoms with Gasteiger partial charge in [0.05, 0.1) is 0 Å². The molecule has 0 saturated carbocycles. The van der Waals surface area contributed by atoms with E-state index >= 15 is 0 Å². The molecule has 1 fully saturated rings. The summed E-state index contributed by atoms with van der Waals surface area (Å²) in [6, 6.07) is 7.05. The lowest BCUT2D eigenvalue weighted by Gasteiger charge is -2.24. The van der Waals surface area contributed by atoms with Gasteiger partial charge >= 0.3 is 0 Å².